The Balaban J connectivity index is 2.40. The topological polar surface area (TPSA) is 21.3 Å². The fourth-order valence-corrected chi connectivity index (χ4v) is 2.79. The fraction of sp³-hybridized carbons (Fsp3) is 1.00. The van der Waals surface area contributed by atoms with Gasteiger partial charge >= 0.3 is 0 Å². The molecular formula is C11H25NOSi. The van der Waals surface area contributed by atoms with Gasteiger partial charge in [-0.25, -0.2) is 0 Å². The number of hydrogen-bond acceptors (Lipinski definition) is 2. The fourth-order valence-electron chi connectivity index (χ4n) is 1.78. The summed E-state index contributed by atoms with van der Waals surface area (Å²) < 4.78 is 6.15. The highest BCUT2D eigenvalue weighted by Crippen LogP contribution is 2.27. The van der Waals surface area contributed by atoms with Crippen molar-refractivity contribution in [3.05, 3.63) is 0 Å². The van der Waals surface area contributed by atoms with Crippen molar-refractivity contribution in [2.45, 2.75) is 64.1 Å². The van der Waals surface area contributed by atoms with Crippen LogP contribution in [0.25, 0.3) is 0 Å². The first kappa shape index (κ1) is 12.2. The van der Waals surface area contributed by atoms with E-state index >= 15 is 0 Å². The molecule has 0 saturated carbocycles. The molecule has 1 aliphatic heterocycles. The molecule has 1 rings (SSSR count). The van der Waals surface area contributed by atoms with Gasteiger partial charge in [0, 0.05) is 6.04 Å². The van der Waals surface area contributed by atoms with Crippen molar-refractivity contribution in [1.82, 2.24) is 5.32 Å². The summed E-state index contributed by atoms with van der Waals surface area (Å²) in [5.74, 6) is 0. The molecule has 0 aromatic heterocycles. The lowest BCUT2D eigenvalue weighted by Crippen LogP contribution is -2.46. The van der Waals surface area contributed by atoms with E-state index in [4.69, 9.17) is 4.43 Å². The zero-order valence-corrected chi connectivity index (χ0v) is 11.7. The third-order valence-corrected chi connectivity index (χ3v) is 4.53. The zero-order valence-electron chi connectivity index (χ0n) is 10.3. The second kappa shape index (κ2) is 4.33. The summed E-state index contributed by atoms with van der Waals surface area (Å²) in [5.41, 5.74) is 0.0377. The molecule has 1 atom stereocenters. The van der Waals surface area contributed by atoms with Crippen LogP contribution in [0.1, 0.15) is 47.5 Å². The van der Waals surface area contributed by atoms with Gasteiger partial charge in [0.2, 0.25) is 0 Å². The van der Waals surface area contributed by atoms with Gasteiger partial charge in [0.05, 0.1) is 5.60 Å². The van der Waals surface area contributed by atoms with Crippen molar-refractivity contribution >= 4 is 9.76 Å². The van der Waals surface area contributed by atoms with Crippen molar-refractivity contribution in [3.63, 3.8) is 0 Å². The molecule has 0 aliphatic carbocycles. The van der Waals surface area contributed by atoms with Gasteiger partial charge in [-0.1, -0.05) is 20.8 Å². The summed E-state index contributed by atoms with van der Waals surface area (Å²) in [7, 11) is -0.428. The monoisotopic (exact) mass is 215 g/mol. The van der Waals surface area contributed by atoms with E-state index in [0.29, 0.717) is 11.1 Å². The maximum Gasteiger partial charge on any atom is 0.167 e. The molecule has 0 amide bonds. The molecule has 1 N–H and O–H groups in total. The third kappa shape index (κ3) is 3.71. The predicted octanol–water partition coefficient (Wildman–Crippen LogP) is 1.84. The molecule has 84 valence electrons. The summed E-state index contributed by atoms with van der Waals surface area (Å²) in [6.45, 7) is 12.4. The molecule has 14 heavy (non-hydrogen) atoms. The van der Waals surface area contributed by atoms with Gasteiger partial charge in [0.1, 0.15) is 0 Å². The maximum absolute atomic E-state index is 6.15. The van der Waals surface area contributed by atoms with E-state index in [1.165, 1.54) is 12.8 Å². The van der Waals surface area contributed by atoms with Crippen molar-refractivity contribution < 1.29 is 4.43 Å². The van der Waals surface area contributed by atoms with Crippen molar-refractivity contribution in [3.8, 4) is 0 Å². The van der Waals surface area contributed by atoms with E-state index < -0.39 is 9.76 Å². The summed E-state index contributed by atoms with van der Waals surface area (Å²) in [5, 5.41) is 3.93. The first-order valence-electron chi connectivity index (χ1n) is 5.69. The minimum absolute atomic E-state index is 0.0377. The van der Waals surface area contributed by atoms with Gasteiger partial charge in [-0.3, -0.25) is 0 Å². The summed E-state index contributed by atoms with van der Waals surface area (Å²) in [4.78, 5) is 0. The minimum atomic E-state index is -0.428. The van der Waals surface area contributed by atoms with Gasteiger partial charge in [-0.15, -0.1) is 0 Å². The van der Waals surface area contributed by atoms with Crippen LogP contribution in [0.2, 0.25) is 5.04 Å². The van der Waals surface area contributed by atoms with Gasteiger partial charge < -0.3 is 9.74 Å². The van der Waals surface area contributed by atoms with Crippen molar-refractivity contribution in [2.75, 3.05) is 6.54 Å². The van der Waals surface area contributed by atoms with Crippen molar-refractivity contribution in [2.24, 2.45) is 0 Å². The van der Waals surface area contributed by atoms with E-state index in [2.05, 4.69) is 39.9 Å². The van der Waals surface area contributed by atoms with E-state index in [-0.39, 0.29) is 5.60 Å². The Bertz CT molecular complexity index is 180. The highest BCUT2D eigenvalue weighted by molar-refractivity contribution is 6.31. The lowest BCUT2D eigenvalue weighted by atomic mass is 9.98. The average molecular weight is 215 g/mol. The van der Waals surface area contributed by atoms with Crippen LogP contribution in [0.5, 0.6) is 0 Å². The van der Waals surface area contributed by atoms with Crippen LogP contribution in [0, 0.1) is 0 Å². The number of rotatable bonds is 3. The molecule has 0 aromatic carbocycles. The van der Waals surface area contributed by atoms with Crippen molar-refractivity contribution in [1.29, 1.82) is 0 Å². The Kier molecular flexibility index (Phi) is 3.78. The van der Waals surface area contributed by atoms with E-state index in [1.807, 2.05) is 0 Å². The number of nitrogens with one attached hydrogen (secondary N) is 1. The van der Waals surface area contributed by atoms with Gasteiger partial charge in [-0.05, 0) is 38.3 Å². The number of hydrogen-bond donors (Lipinski definition) is 1. The molecular weight excluding hydrogens is 190 g/mol. The molecule has 1 heterocycles. The van der Waals surface area contributed by atoms with E-state index in [9.17, 15) is 0 Å². The van der Waals surface area contributed by atoms with Gasteiger partial charge in [0.25, 0.3) is 0 Å². The van der Waals surface area contributed by atoms with Crippen LogP contribution in [-0.4, -0.2) is 28.0 Å². The largest absolute Gasteiger partial charge is 0.417 e. The smallest absolute Gasteiger partial charge is 0.167 e. The van der Waals surface area contributed by atoms with Gasteiger partial charge in [-0.2, -0.15) is 0 Å². The molecule has 2 nitrogen and oxygen atoms in total. The van der Waals surface area contributed by atoms with E-state index in [0.717, 1.165) is 6.54 Å². The summed E-state index contributed by atoms with van der Waals surface area (Å²) in [6.07, 6.45) is 2.57. The Morgan fingerprint density at radius 3 is 2.29 bits per heavy atom. The van der Waals surface area contributed by atoms with Gasteiger partial charge in [0.15, 0.2) is 9.76 Å². The Labute approximate surface area is 90.7 Å². The Hall–Kier alpha value is 0.137. The molecule has 0 aromatic rings. The quantitative estimate of drug-likeness (QED) is 0.725. The lowest BCUT2D eigenvalue weighted by Gasteiger charge is -2.35. The highest BCUT2D eigenvalue weighted by atomic mass is 28.2. The summed E-state index contributed by atoms with van der Waals surface area (Å²) in [6, 6.07) is 0.567. The van der Waals surface area contributed by atoms with E-state index in [1.54, 1.807) is 0 Å². The first-order chi connectivity index (χ1) is 6.31. The summed E-state index contributed by atoms with van der Waals surface area (Å²) >= 11 is 0. The normalized spacial score (nSPS) is 25.1. The van der Waals surface area contributed by atoms with Crippen LogP contribution in [-0.2, 0) is 4.43 Å². The average Bonchev–Trinajstić information content (AvgIpc) is 2.52. The highest BCUT2D eigenvalue weighted by Gasteiger charge is 2.33. The molecule has 0 spiro atoms. The molecule has 0 bridgehead atoms. The van der Waals surface area contributed by atoms with Crippen LogP contribution in [0.3, 0.4) is 0 Å². The first-order valence-corrected chi connectivity index (χ1v) is 6.97. The zero-order chi connectivity index (χ0) is 10.8. The predicted molar refractivity (Wildman–Crippen MR) is 64.4 cm³/mol. The Morgan fingerprint density at radius 2 is 1.86 bits per heavy atom. The standard InChI is InChI=1S/C11H25NOSi/c1-10(2,3)14-13-11(4,5)9-7-6-8-12-9/h9,12H,6-8,14H2,1-5H3/t9-/m1/s1. The third-order valence-electron chi connectivity index (χ3n) is 2.78. The molecule has 0 radical (unpaired) electrons. The van der Waals surface area contributed by atoms with Crippen LogP contribution >= 0.6 is 0 Å². The second-order valence-corrected chi connectivity index (χ2v) is 8.80. The molecule has 1 aliphatic rings. The Morgan fingerprint density at radius 1 is 1.21 bits per heavy atom. The second-order valence-electron chi connectivity index (χ2n) is 6.10. The molecule has 3 heteroatoms. The molecule has 0 unspecified atom stereocenters. The van der Waals surface area contributed by atoms with Crippen LogP contribution in [0.15, 0.2) is 0 Å². The van der Waals surface area contributed by atoms with Crippen LogP contribution < -0.4 is 5.32 Å². The van der Waals surface area contributed by atoms with Crippen LogP contribution in [0.4, 0.5) is 0 Å². The molecule has 1 fully saturated rings. The molecule has 1 saturated heterocycles. The maximum atomic E-state index is 6.15. The lowest BCUT2D eigenvalue weighted by molar-refractivity contribution is 0.0720. The minimum Gasteiger partial charge on any atom is -0.417 e. The SMILES string of the molecule is CC(C)(C)[SiH2]OC(C)(C)[C@H]1CCCN1.